The molecule has 0 aliphatic rings. The van der Waals surface area contributed by atoms with Gasteiger partial charge in [0.25, 0.3) is 0 Å². The monoisotopic (exact) mass is 279 g/mol. The molecule has 1 aromatic rings. The summed E-state index contributed by atoms with van der Waals surface area (Å²) in [6, 6.07) is 9.85. The van der Waals surface area contributed by atoms with E-state index in [1.54, 1.807) is 0 Å². The van der Waals surface area contributed by atoms with Crippen molar-refractivity contribution in [2.24, 2.45) is 0 Å². The summed E-state index contributed by atoms with van der Waals surface area (Å²) in [7, 11) is 2.99. The van der Waals surface area contributed by atoms with Crippen LogP contribution in [0, 0.1) is 0 Å². The Labute approximate surface area is 119 Å². The van der Waals surface area contributed by atoms with E-state index in [4.69, 9.17) is 9.47 Å². The molecule has 2 unspecified atom stereocenters. The third-order valence-electron chi connectivity index (χ3n) is 3.03. The quantitative estimate of drug-likeness (QED) is 0.596. The minimum absolute atomic E-state index is 0.419. The van der Waals surface area contributed by atoms with Gasteiger partial charge in [0.2, 0.25) is 0 Å². The maximum absolute atomic E-state index is 10.9. The Balaban J connectivity index is 2.72. The fraction of sp³-hybridized carbons (Fsp3) is 0.467. The Morgan fingerprint density at radius 1 is 1.00 bits per heavy atom. The first-order valence-electron chi connectivity index (χ1n) is 6.46. The second-order valence-electron chi connectivity index (χ2n) is 4.50. The van der Waals surface area contributed by atoms with Crippen molar-refractivity contribution >= 4 is 12.6 Å². The fourth-order valence-electron chi connectivity index (χ4n) is 1.90. The predicted molar refractivity (Wildman–Crippen MR) is 75.4 cm³/mol. The predicted octanol–water partition coefficient (Wildman–Crippen LogP) is 0.916. The van der Waals surface area contributed by atoms with Crippen molar-refractivity contribution in [1.82, 2.24) is 4.90 Å². The molecule has 0 saturated heterocycles. The van der Waals surface area contributed by atoms with Gasteiger partial charge >= 0.3 is 0 Å². The number of carbonyl (C=O) groups is 2. The highest BCUT2D eigenvalue weighted by molar-refractivity contribution is 5.57. The maximum atomic E-state index is 10.9. The summed E-state index contributed by atoms with van der Waals surface area (Å²) < 4.78 is 10.2. The Morgan fingerprint density at radius 2 is 1.50 bits per heavy atom. The van der Waals surface area contributed by atoms with E-state index in [0.717, 1.165) is 18.1 Å². The van der Waals surface area contributed by atoms with Gasteiger partial charge in [0.05, 0.1) is 0 Å². The number of aldehydes is 2. The lowest BCUT2D eigenvalue weighted by molar-refractivity contribution is -0.119. The first kappa shape index (κ1) is 16.5. The number of benzene rings is 1. The molecule has 0 fully saturated rings. The van der Waals surface area contributed by atoms with Gasteiger partial charge in [-0.1, -0.05) is 30.3 Å². The van der Waals surface area contributed by atoms with E-state index in [1.165, 1.54) is 14.2 Å². The maximum Gasteiger partial charge on any atom is 0.150 e. The van der Waals surface area contributed by atoms with E-state index in [1.807, 2.05) is 35.2 Å². The second-order valence-corrected chi connectivity index (χ2v) is 4.50. The van der Waals surface area contributed by atoms with Gasteiger partial charge in [0.15, 0.2) is 0 Å². The number of hydrogen-bond donors (Lipinski definition) is 0. The summed E-state index contributed by atoms with van der Waals surface area (Å²) >= 11 is 0. The summed E-state index contributed by atoms with van der Waals surface area (Å²) in [4.78, 5) is 23.8. The molecule has 1 aromatic carbocycles. The smallest absolute Gasteiger partial charge is 0.150 e. The molecule has 0 aliphatic carbocycles. The number of ether oxygens (including phenoxy) is 2. The SMILES string of the molecule is COC(C=O)CN(Cc1ccccc1)CC(C=O)OC. The van der Waals surface area contributed by atoms with Crippen molar-refractivity contribution < 1.29 is 19.1 Å². The van der Waals surface area contributed by atoms with Crippen LogP contribution < -0.4 is 0 Å². The van der Waals surface area contributed by atoms with Crippen molar-refractivity contribution in [3.63, 3.8) is 0 Å². The largest absolute Gasteiger partial charge is 0.373 e. The lowest BCUT2D eigenvalue weighted by Crippen LogP contribution is -2.39. The second kappa shape index (κ2) is 9.36. The molecule has 1 rings (SSSR count). The molecule has 0 amide bonds. The highest BCUT2D eigenvalue weighted by Crippen LogP contribution is 2.07. The summed E-state index contributed by atoms with van der Waals surface area (Å²) in [5.74, 6) is 0. The van der Waals surface area contributed by atoms with Crippen molar-refractivity contribution in [1.29, 1.82) is 0 Å². The van der Waals surface area contributed by atoms with Crippen LogP contribution in [-0.4, -0.2) is 57.0 Å². The first-order chi connectivity index (χ1) is 9.73. The third-order valence-corrected chi connectivity index (χ3v) is 3.03. The van der Waals surface area contributed by atoms with Crippen molar-refractivity contribution in [2.45, 2.75) is 18.8 Å². The standard InChI is InChI=1S/C15H21NO4/c1-19-14(11-17)9-16(10-15(12-18)20-2)8-13-6-4-3-5-7-13/h3-7,11-12,14-15H,8-10H2,1-2H3. The molecule has 0 aromatic heterocycles. The molecule has 5 nitrogen and oxygen atoms in total. The molecular weight excluding hydrogens is 258 g/mol. The molecule has 20 heavy (non-hydrogen) atoms. The molecule has 0 radical (unpaired) electrons. The highest BCUT2D eigenvalue weighted by Gasteiger charge is 2.17. The summed E-state index contributed by atoms with van der Waals surface area (Å²) in [5, 5.41) is 0. The highest BCUT2D eigenvalue weighted by atomic mass is 16.5. The lowest BCUT2D eigenvalue weighted by Gasteiger charge is -2.26. The average molecular weight is 279 g/mol. The number of nitrogens with zero attached hydrogens (tertiary/aromatic N) is 1. The Hall–Kier alpha value is -1.56. The lowest BCUT2D eigenvalue weighted by atomic mass is 10.2. The molecule has 0 N–H and O–H groups in total. The third kappa shape index (κ3) is 5.61. The topological polar surface area (TPSA) is 55.8 Å². The van der Waals surface area contributed by atoms with Crippen molar-refractivity contribution in [2.75, 3.05) is 27.3 Å². The van der Waals surface area contributed by atoms with Crippen LogP contribution in [0.3, 0.4) is 0 Å². The molecule has 0 aliphatic heterocycles. The van der Waals surface area contributed by atoms with E-state index < -0.39 is 12.2 Å². The van der Waals surface area contributed by atoms with Crippen LogP contribution in [0.5, 0.6) is 0 Å². The van der Waals surface area contributed by atoms with Crippen molar-refractivity contribution in [3.8, 4) is 0 Å². The molecule has 0 saturated carbocycles. The zero-order chi connectivity index (χ0) is 14.8. The Kier molecular flexibility index (Phi) is 7.72. The van der Waals surface area contributed by atoms with Gasteiger partial charge in [-0.15, -0.1) is 0 Å². The van der Waals surface area contributed by atoms with E-state index >= 15 is 0 Å². The van der Waals surface area contributed by atoms with Gasteiger partial charge in [0.1, 0.15) is 24.8 Å². The fourth-order valence-corrected chi connectivity index (χ4v) is 1.90. The van der Waals surface area contributed by atoms with Crippen LogP contribution in [0.4, 0.5) is 0 Å². The minimum atomic E-state index is -0.511. The van der Waals surface area contributed by atoms with Gasteiger partial charge in [-0.25, -0.2) is 0 Å². The number of rotatable bonds is 10. The molecule has 0 spiro atoms. The Bertz CT molecular complexity index is 378. The van der Waals surface area contributed by atoms with Crippen LogP contribution in [0.25, 0.3) is 0 Å². The Morgan fingerprint density at radius 3 is 1.90 bits per heavy atom. The first-order valence-corrected chi connectivity index (χ1v) is 6.46. The van der Waals surface area contributed by atoms with Crippen molar-refractivity contribution in [3.05, 3.63) is 35.9 Å². The summed E-state index contributed by atoms with van der Waals surface area (Å²) in [6.07, 6.45) is 0.507. The zero-order valence-corrected chi connectivity index (χ0v) is 11.9. The molecule has 2 atom stereocenters. The van der Waals surface area contributed by atoms with E-state index in [-0.39, 0.29) is 0 Å². The van der Waals surface area contributed by atoms with E-state index in [0.29, 0.717) is 19.6 Å². The van der Waals surface area contributed by atoms with Crippen LogP contribution in [-0.2, 0) is 25.6 Å². The normalized spacial score (nSPS) is 13.9. The van der Waals surface area contributed by atoms with Gasteiger partial charge < -0.3 is 19.1 Å². The van der Waals surface area contributed by atoms with Crippen LogP contribution in [0.1, 0.15) is 5.56 Å². The van der Waals surface area contributed by atoms with Gasteiger partial charge in [-0.05, 0) is 5.56 Å². The number of carbonyl (C=O) groups excluding carboxylic acids is 2. The van der Waals surface area contributed by atoms with E-state index in [2.05, 4.69) is 0 Å². The van der Waals surface area contributed by atoms with Gasteiger partial charge in [-0.3, -0.25) is 4.90 Å². The van der Waals surface area contributed by atoms with Gasteiger partial charge in [-0.2, -0.15) is 0 Å². The molecule has 0 bridgehead atoms. The molecule has 5 heteroatoms. The summed E-state index contributed by atoms with van der Waals surface area (Å²) in [6.45, 7) is 1.47. The van der Waals surface area contributed by atoms with Crippen LogP contribution >= 0.6 is 0 Å². The number of methoxy groups -OCH3 is 2. The van der Waals surface area contributed by atoms with E-state index in [9.17, 15) is 9.59 Å². The van der Waals surface area contributed by atoms with Crippen LogP contribution in [0.2, 0.25) is 0 Å². The molecule has 0 heterocycles. The minimum Gasteiger partial charge on any atom is -0.373 e. The zero-order valence-electron chi connectivity index (χ0n) is 11.9. The average Bonchev–Trinajstić information content (AvgIpc) is 2.50. The van der Waals surface area contributed by atoms with Gasteiger partial charge in [0, 0.05) is 33.9 Å². The van der Waals surface area contributed by atoms with Crippen LogP contribution in [0.15, 0.2) is 30.3 Å². The number of hydrogen-bond acceptors (Lipinski definition) is 5. The molecule has 110 valence electrons. The molecular formula is C15H21NO4. The summed E-state index contributed by atoms with van der Waals surface area (Å²) in [5.41, 5.74) is 1.11.